The summed E-state index contributed by atoms with van der Waals surface area (Å²) in [6, 6.07) is 23.7. The molecular weight excluding hydrogens is 588 g/mol. The first-order valence-electron chi connectivity index (χ1n) is 13.5. The number of hydrogen-bond acceptors (Lipinski definition) is 8. The van der Waals surface area contributed by atoms with Crippen molar-refractivity contribution in [3.8, 4) is 45.8 Å². The van der Waals surface area contributed by atoms with E-state index in [0.29, 0.717) is 57.3 Å². The molecule has 1 radical (unpaired) electrons. The molecule has 9 rings (SSSR count). The van der Waals surface area contributed by atoms with Crippen LogP contribution in [0.5, 0.6) is 0 Å². The third kappa shape index (κ3) is 3.79. The normalized spacial score (nSPS) is 11.8. The number of rotatable bonds is 0. The van der Waals surface area contributed by atoms with Gasteiger partial charge in [0.1, 0.15) is 23.0 Å². The Bertz CT molecular complexity index is 2300. The molecule has 0 aliphatic carbocycles. The molecule has 4 aromatic heterocycles. The first kappa shape index (κ1) is 25.3. The Hall–Kier alpha value is -5.38. The minimum absolute atomic E-state index is 0. The SMILES string of the molecule is Cc1nc2c(nc1C)-c1nc-2nc2[n-]c(nc3nc(nc4[n-]c(n1)c1ccccc41)-c1ccccc1-3)c1ccccc21.[Cu+2]. The molecule has 0 fully saturated rings. The summed E-state index contributed by atoms with van der Waals surface area (Å²) in [5, 5.41) is 3.41. The second kappa shape index (κ2) is 9.32. The molecule has 2 aliphatic heterocycles. The molecule has 0 atom stereocenters. The van der Waals surface area contributed by atoms with Gasteiger partial charge in [0.15, 0.2) is 0 Å². The molecule has 0 spiro atoms. The van der Waals surface area contributed by atoms with Crippen molar-refractivity contribution in [2.45, 2.75) is 13.8 Å². The van der Waals surface area contributed by atoms with Crippen LogP contribution in [0.15, 0.2) is 72.8 Å². The second-order valence-electron chi connectivity index (χ2n) is 10.2. The summed E-state index contributed by atoms with van der Waals surface area (Å²) in [6.07, 6.45) is 0. The predicted octanol–water partition coefficient (Wildman–Crippen LogP) is 5.53. The number of aryl methyl sites for hydroxylation is 2. The van der Waals surface area contributed by atoms with Crippen LogP contribution in [-0.2, 0) is 17.1 Å². The first-order chi connectivity index (χ1) is 20.6. The predicted molar refractivity (Wildman–Crippen MR) is 159 cm³/mol. The van der Waals surface area contributed by atoms with Gasteiger partial charge in [0, 0.05) is 33.7 Å². The Morgan fingerprint density at radius 3 is 1.12 bits per heavy atom. The summed E-state index contributed by atoms with van der Waals surface area (Å²) in [5.41, 5.74) is 6.46. The molecule has 8 bridgehead atoms. The van der Waals surface area contributed by atoms with E-state index >= 15 is 0 Å². The molecule has 0 N–H and O–H groups in total. The van der Waals surface area contributed by atoms with Gasteiger partial charge >= 0.3 is 17.1 Å². The van der Waals surface area contributed by atoms with Crippen molar-refractivity contribution in [1.82, 2.24) is 49.8 Å². The molecule has 10 nitrogen and oxygen atoms in total. The standard InChI is InChI=1S/C32H18N10.Cu/c1-15-16(2)34-24-23(33-15)31-40-29-21-13-7-5-11-19(21)27(38-29)36-25-17-9-3-4-10-18(17)26(35-25)37-28-20-12-6-8-14-22(20)30(39-28)41-32(24)42-31;/h3-14H,1-2H3;/q-2;+2. The van der Waals surface area contributed by atoms with Crippen molar-refractivity contribution in [1.29, 1.82) is 0 Å². The third-order valence-electron chi connectivity index (χ3n) is 7.65. The second-order valence-corrected chi connectivity index (χ2v) is 10.2. The van der Waals surface area contributed by atoms with Crippen LogP contribution in [-0.4, -0.2) is 39.9 Å². The smallest absolute Gasteiger partial charge is 0.357 e. The average molecular weight is 606 g/mol. The van der Waals surface area contributed by atoms with Gasteiger partial charge in [-0.15, -0.1) is 0 Å². The molecule has 7 aromatic rings. The van der Waals surface area contributed by atoms with E-state index in [9.17, 15) is 0 Å². The van der Waals surface area contributed by atoms with Gasteiger partial charge in [0.2, 0.25) is 0 Å². The number of aromatic nitrogens is 10. The Labute approximate surface area is 254 Å². The monoisotopic (exact) mass is 605 g/mol. The van der Waals surface area contributed by atoms with E-state index in [1.165, 1.54) is 0 Å². The van der Waals surface area contributed by atoms with Crippen molar-refractivity contribution < 1.29 is 17.1 Å². The molecule has 6 heterocycles. The van der Waals surface area contributed by atoms with Crippen LogP contribution >= 0.6 is 0 Å². The van der Waals surface area contributed by atoms with Crippen molar-refractivity contribution in [3.05, 3.63) is 84.2 Å². The number of hydrogen-bond donors (Lipinski definition) is 0. The van der Waals surface area contributed by atoms with Gasteiger partial charge in [-0.2, -0.15) is 0 Å². The van der Waals surface area contributed by atoms with Gasteiger partial charge in [0.05, 0.1) is 23.0 Å². The fourth-order valence-electron chi connectivity index (χ4n) is 5.47. The molecule has 0 saturated heterocycles. The number of benzene rings is 3. The van der Waals surface area contributed by atoms with Crippen molar-refractivity contribution >= 4 is 44.1 Å². The Balaban J connectivity index is 0.00000278. The Morgan fingerprint density at radius 2 is 0.721 bits per heavy atom. The zero-order chi connectivity index (χ0) is 27.9. The van der Waals surface area contributed by atoms with E-state index in [2.05, 4.69) is 0 Å². The Kier molecular flexibility index (Phi) is 5.49. The van der Waals surface area contributed by atoms with Gasteiger partial charge in [-0.05, 0) is 35.4 Å². The summed E-state index contributed by atoms with van der Waals surface area (Å²) in [6.45, 7) is 3.84. The summed E-state index contributed by atoms with van der Waals surface area (Å²) < 4.78 is 0. The quantitative estimate of drug-likeness (QED) is 0.203. The van der Waals surface area contributed by atoms with Crippen LogP contribution in [0, 0.1) is 13.8 Å². The molecule has 0 saturated carbocycles. The molecule has 3 aromatic carbocycles. The van der Waals surface area contributed by atoms with E-state index in [1.807, 2.05) is 86.6 Å². The van der Waals surface area contributed by atoms with Crippen molar-refractivity contribution in [3.63, 3.8) is 0 Å². The molecule has 207 valence electrons. The van der Waals surface area contributed by atoms with Gasteiger partial charge in [-0.25, -0.2) is 19.9 Å². The van der Waals surface area contributed by atoms with Gasteiger partial charge < -0.3 is 29.9 Å². The van der Waals surface area contributed by atoms with E-state index in [-0.39, 0.29) is 17.1 Å². The summed E-state index contributed by atoms with van der Waals surface area (Å²) >= 11 is 0. The van der Waals surface area contributed by atoms with Crippen LogP contribution in [0.4, 0.5) is 0 Å². The van der Waals surface area contributed by atoms with E-state index in [0.717, 1.165) is 44.1 Å². The zero-order valence-electron chi connectivity index (χ0n) is 22.7. The largest absolute Gasteiger partial charge is 2.00 e. The van der Waals surface area contributed by atoms with Crippen LogP contribution < -0.4 is 9.97 Å². The fraction of sp³-hybridized carbons (Fsp3) is 0.0625. The van der Waals surface area contributed by atoms with Crippen molar-refractivity contribution in [2.75, 3.05) is 0 Å². The number of nitrogens with zero attached hydrogens (tertiary/aromatic N) is 10. The number of fused-ring (bicyclic) bond motifs is 20. The average Bonchev–Trinajstić information content (AvgIpc) is 3.73. The third-order valence-corrected chi connectivity index (χ3v) is 7.65. The van der Waals surface area contributed by atoms with Crippen LogP contribution in [0.1, 0.15) is 11.4 Å². The summed E-state index contributed by atoms with van der Waals surface area (Å²) in [7, 11) is 0. The van der Waals surface area contributed by atoms with Crippen LogP contribution in [0.3, 0.4) is 0 Å². The minimum atomic E-state index is 0. The van der Waals surface area contributed by atoms with Gasteiger partial charge in [-0.1, -0.05) is 72.8 Å². The molecule has 43 heavy (non-hydrogen) atoms. The molecule has 0 unspecified atom stereocenters. The topological polar surface area (TPSA) is 131 Å². The Morgan fingerprint density at radius 1 is 0.395 bits per heavy atom. The van der Waals surface area contributed by atoms with Crippen LogP contribution in [0.25, 0.3) is 89.9 Å². The summed E-state index contributed by atoms with van der Waals surface area (Å²) in [4.78, 5) is 48.8. The maximum Gasteiger partial charge on any atom is 2.00 e. The fourth-order valence-corrected chi connectivity index (χ4v) is 5.47. The van der Waals surface area contributed by atoms with Crippen LogP contribution in [0.2, 0.25) is 0 Å². The minimum Gasteiger partial charge on any atom is -0.357 e. The van der Waals surface area contributed by atoms with E-state index < -0.39 is 0 Å². The van der Waals surface area contributed by atoms with Crippen molar-refractivity contribution in [2.24, 2.45) is 0 Å². The zero-order valence-corrected chi connectivity index (χ0v) is 23.6. The van der Waals surface area contributed by atoms with Gasteiger partial charge in [-0.3, -0.25) is 0 Å². The molecule has 11 heteroatoms. The van der Waals surface area contributed by atoms with E-state index in [1.54, 1.807) is 0 Å². The molecule has 0 amide bonds. The maximum atomic E-state index is 4.95. The van der Waals surface area contributed by atoms with E-state index in [4.69, 9.17) is 49.8 Å². The maximum absolute atomic E-state index is 4.95. The molecule has 2 aliphatic rings. The van der Waals surface area contributed by atoms with Gasteiger partial charge in [0.25, 0.3) is 0 Å². The summed E-state index contributed by atoms with van der Waals surface area (Å²) in [5.74, 6) is 1.84. The molecular formula is C32H18CuN10. The first-order valence-corrected chi connectivity index (χ1v) is 13.5.